The van der Waals surface area contributed by atoms with E-state index in [0.717, 1.165) is 11.8 Å². The summed E-state index contributed by atoms with van der Waals surface area (Å²) in [4.78, 5) is 4.34. The topological polar surface area (TPSA) is 24.9 Å². The lowest BCUT2D eigenvalue weighted by molar-refractivity contribution is 0.485. The molecular formula is C14H14F2N2. The highest BCUT2D eigenvalue weighted by molar-refractivity contribution is 5.30. The minimum absolute atomic E-state index is 0.260. The lowest BCUT2D eigenvalue weighted by Crippen LogP contribution is -2.20. The fourth-order valence-corrected chi connectivity index (χ4v) is 1.93. The van der Waals surface area contributed by atoms with E-state index < -0.39 is 17.7 Å². The first-order chi connectivity index (χ1) is 8.63. The van der Waals surface area contributed by atoms with Crippen molar-refractivity contribution in [2.45, 2.75) is 13.0 Å². The third-order valence-corrected chi connectivity index (χ3v) is 2.79. The fourth-order valence-electron chi connectivity index (χ4n) is 1.93. The molecule has 0 spiro atoms. The number of nitrogens with zero attached hydrogens (tertiary/aromatic N) is 1. The number of nitrogens with one attached hydrogen (secondary N) is 1. The first kappa shape index (κ1) is 12.6. The third-order valence-electron chi connectivity index (χ3n) is 2.79. The van der Waals surface area contributed by atoms with Crippen molar-refractivity contribution in [3.05, 3.63) is 65.0 Å². The van der Waals surface area contributed by atoms with Crippen LogP contribution < -0.4 is 5.32 Å². The van der Waals surface area contributed by atoms with Crippen LogP contribution >= 0.6 is 0 Å². The predicted molar refractivity (Wildman–Crippen MR) is 66.2 cm³/mol. The van der Waals surface area contributed by atoms with Crippen LogP contribution in [0.4, 0.5) is 8.78 Å². The minimum Gasteiger partial charge on any atom is -0.308 e. The van der Waals surface area contributed by atoms with Gasteiger partial charge in [0.25, 0.3) is 0 Å². The van der Waals surface area contributed by atoms with Crippen molar-refractivity contribution in [3.63, 3.8) is 0 Å². The second-order valence-electron chi connectivity index (χ2n) is 4.07. The van der Waals surface area contributed by atoms with Gasteiger partial charge in [-0.05, 0) is 32.2 Å². The number of hydrogen-bond donors (Lipinski definition) is 1. The lowest BCUT2D eigenvalue weighted by Gasteiger charge is -2.17. The molecule has 0 saturated heterocycles. The maximum absolute atomic E-state index is 13.8. The van der Waals surface area contributed by atoms with Crippen LogP contribution in [0.2, 0.25) is 0 Å². The normalized spacial score (nSPS) is 12.4. The quantitative estimate of drug-likeness (QED) is 0.903. The summed E-state index contributed by atoms with van der Waals surface area (Å²) in [5.41, 5.74) is 1.77. The Kier molecular flexibility index (Phi) is 3.67. The van der Waals surface area contributed by atoms with Gasteiger partial charge >= 0.3 is 0 Å². The SMILES string of the molecule is CNC(c1cccc(C)n1)c1cccc(F)c1F. The maximum Gasteiger partial charge on any atom is 0.163 e. The minimum atomic E-state index is -0.847. The Morgan fingerprint density at radius 1 is 1.11 bits per heavy atom. The number of rotatable bonds is 3. The van der Waals surface area contributed by atoms with Gasteiger partial charge in [-0.15, -0.1) is 0 Å². The summed E-state index contributed by atoms with van der Waals surface area (Å²) in [5, 5.41) is 2.96. The summed E-state index contributed by atoms with van der Waals surface area (Å²) in [6, 6.07) is 9.20. The average Bonchev–Trinajstić information content (AvgIpc) is 2.35. The van der Waals surface area contributed by atoms with Crippen molar-refractivity contribution < 1.29 is 8.78 Å². The van der Waals surface area contributed by atoms with Crippen molar-refractivity contribution in [3.8, 4) is 0 Å². The number of pyridine rings is 1. The number of benzene rings is 1. The zero-order chi connectivity index (χ0) is 13.1. The monoisotopic (exact) mass is 248 g/mol. The molecule has 1 aromatic heterocycles. The van der Waals surface area contributed by atoms with Crippen LogP contribution in [0.1, 0.15) is 23.0 Å². The van der Waals surface area contributed by atoms with E-state index in [2.05, 4.69) is 10.3 Å². The molecule has 18 heavy (non-hydrogen) atoms. The van der Waals surface area contributed by atoms with E-state index in [0.29, 0.717) is 5.69 Å². The van der Waals surface area contributed by atoms with Crippen LogP contribution in [0.5, 0.6) is 0 Å². The van der Waals surface area contributed by atoms with Crippen LogP contribution in [0, 0.1) is 18.6 Å². The highest BCUT2D eigenvalue weighted by atomic mass is 19.2. The van der Waals surface area contributed by atoms with Crippen molar-refractivity contribution in [1.29, 1.82) is 0 Å². The Balaban J connectivity index is 2.49. The highest BCUT2D eigenvalue weighted by Crippen LogP contribution is 2.24. The molecule has 0 aliphatic rings. The molecular weight excluding hydrogens is 234 g/mol. The molecule has 1 unspecified atom stereocenters. The molecule has 0 amide bonds. The largest absolute Gasteiger partial charge is 0.308 e. The number of halogens is 2. The van der Waals surface area contributed by atoms with Crippen LogP contribution in [-0.4, -0.2) is 12.0 Å². The van der Waals surface area contributed by atoms with E-state index in [1.165, 1.54) is 6.07 Å². The summed E-state index contributed by atoms with van der Waals surface area (Å²) in [5.74, 6) is -1.68. The van der Waals surface area contributed by atoms with Crippen LogP contribution in [0.25, 0.3) is 0 Å². The second-order valence-corrected chi connectivity index (χ2v) is 4.07. The van der Waals surface area contributed by atoms with E-state index in [-0.39, 0.29) is 5.56 Å². The maximum atomic E-state index is 13.8. The van der Waals surface area contributed by atoms with Gasteiger partial charge < -0.3 is 5.32 Å². The Labute approximate surface area is 105 Å². The van der Waals surface area contributed by atoms with Crippen LogP contribution in [-0.2, 0) is 0 Å². The van der Waals surface area contributed by atoms with E-state index in [9.17, 15) is 8.78 Å². The van der Waals surface area contributed by atoms with Gasteiger partial charge in [0.1, 0.15) is 0 Å². The van der Waals surface area contributed by atoms with Crippen molar-refractivity contribution >= 4 is 0 Å². The number of aryl methyl sites for hydroxylation is 1. The summed E-state index contributed by atoms with van der Waals surface area (Å²) < 4.78 is 27.0. The number of aromatic nitrogens is 1. The molecule has 2 aromatic rings. The Morgan fingerprint density at radius 3 is 2.50 bits per heavy atom. The van der Waals surface area contributed by atoms with E-state index in [1.807, 2.05) is 19.1 Å². The molecule has 2 nitrogen and oxygen atoms in total. The Bertz CT molecular complexity index is 555. The highest BCUT2D eigenvalue weighted by Gasteiger charge is 2.19. The second kappa shape index (κ2) is 5.23. The zero-order valence-electron chi connectivity index (χ0n) is 10.2. The summed E-state index contributed by atoms with van der Waals surface area (Å²) >= 11 is 0. The van der Waals surface area contributed by atoms with Gasteiger partial charge in [0.2, 0.25) is 0 Å². The van der Waals surface area contributed by atoms with Crippen molar-refractivity contribution in [1.82, 2.24) is 10.3 Å². The van der Waals surface area contributed by atoms with E-state index in [1.54, 1.807) is 19.2 Å². The van der Waals surface area contributed by atoms with E-state index in [4.69, 9.17) is 0 Å². The molecule has 1 aromatic carbocycles. The molecule has 0 bridgehead atoms. The fraction of sp³-hybridized carbons (Fsp3) is 0.214. The smallest absolute Gasteiger partial charge is 0.163 e. The molecule has 94 valence electrons. The van der Waals surface area contributed by atoms with Gasteiger partial charge in [0.05, 0.1) is 11.7 Å². The molecule has 2 rings (SSSR count). The van der Waals surface area contributed by atoms with Gasteiger partial charge in [-0.25, -0.2) is 8.78 Å². The van der Waals surface area contributed by atoms with Crippen LogP contribution in [0.15, 0.2) is 36.4 Å². The van der Waals surface area contributed by atoms with Crippen molar-refractivity contribution in [2.24, 2.45) is 0 Å². The molecule has 0 saturated carbocycles. The van der Waals surface area contributed by atoms with Gasteiger partial charge in [-0.3, -0.25) is 4.98 Å². The Morgan fingerprint density at radius 2 is 1.83 bits per heavy atom. The summed E-state index contributed by atoms with van der Waals surface area (Å²) in [6.45, 7) is 1.86. The molecule has 0 aliphatic carbocycles. The first-order valence-electron chi connectivity index (χ1n) is 5.68. The molecule has 1 heterocycles. The molecule has 4 heteroatoms. The van der Waals surface area contributed by atoms with Gasteiger partial charge in [0, 0.05) is 11.3 Å². The molecule has 0 radical (unpaired) electrons. The zero-order valence-corrected chi connectivity index (χ0v) is 10.2. The van der Waals surface area contributed by atoms with Crippen molar-refractivity contribution in [2.75, 3.05) is 7.05 Å². The summed E-state index contributed by atoms with van der Waals surface area (Å²) in [7, 11) is 1.69. The van der Waals surface area contributed by atoms with E-state index >= 15 is 0 Å². The average molecular weight is 248 g/mol. The van der Waals surface area contributed by atoms with Gasteiger partial charge in [-0.1, -0.05) is 18.2 Å². The van der Waals surface area contributed by atoms with Crippen LogP contribution in [0.3, 0.4) is 0 Å². The first-order valence-corrected chi connectivity index (χ1v) is 5.68. The molecule has 1 atom stereocenters. The standard InChI is InChI=1S/C14H14F2N2/c1-9-5-3-8-12(18-9)14(17-2)10-6-4-7-11(15)13(10)16/h3-8,14,17H,1-2H3. The molecule has 0 fully saturated rings. The predicted octanol–water partition coefficient (Wildman–Crippen LogP) is 2.98. The van der Waals surface area contributed by atoms with Gasteiger partial charge in [-0.2, -0.15) is 0 Å². The Hall–Kier alpha value is -1.81. The molecule has 1 N–H and O–H groups in total. The number of hydrogen-bond acceptors (Lipinski definition) is 2. The van der Waals surface area contributed by atoms with Gasteiger partial charge in [0.15, 0.2) is 11.6 Å². The molecule has 0 aliphatic heterocycles. The summed E-state index contributed by atoms with van der Waals surface area (Å²) in [6.07, 6.45) is 0. The lowest BCUT2D eigenvalue weighted by atomic mass is 10.0. The third kappa shape index (κ3) is 2.38.